The summed E-state index contributed by atoms with van der Waals surface area (Å²) in [6.07, 6.45) is 0.203. The molecule has 4 heteroatoms. The SMILES string of the molecule is CCOC(=O)CC(O)(Cc1cccc(OC)c1)c1ccccc1. The summed E-state index contributed by atoms with van der Waals surface area (Å²) in [4.78, 5) is 11.9. The molecule has 1 unspecified atom stereocenters. The standard InChI is InChI=1S/C19H22O4/c1-3-23-18(20)14-19(21,16-9-5-4-6-10-16)13-15-8-7-11-17(12-15)22-2/h4-12,21H,3,13-14H2,1-2H3. The minimum Gasteiger partial charge on any atom is -0.497 e. The molecule has 2 aromatic rings. The lowest BCUT2D eigenvalue weighted by Gasteiger charge is -2.28. The molecule has 0 spiro atoms. The molecule has 1 atom stereocenters. The van der Waals surface area contributed by atoms with Crippen molar-refractivity contribution in [1.82, 2.24) is 0 Å². The van der Waals surface area contributed by atoms with Crippen molar-refractivity contribution in [3.05, 3.63) is 65.7 Å². The Morgan fingerprint density at radius 1 is 1.13 bits per heavy atom. The van der Waals surface area contributed by atoms with E-state index in [0.29, 0.717) is 24.3 Å². The minimum atomic E-state index is -1.32. The van der Waals surface area contributed by atoms with Crippen molar-refractivity contribution in [2.24, 2.45) is 0 Å². The van der Waals surface area contributed by atoms with Crippen LogP contribution in [0.4, 0.5) is 0 Å². The monoisotopic (exact) mass is 314 g/mol. The van der Waals surface area contributed by atoms with Gasteiger partial charge in [0.05, 0.1) is 20.1 Å². The number of benzene rings is 2. The Hall–Kier alpha value is -2.33. The zero-order valence-electron chi connectivity index (χ0n) is 13.5. The Labute approximate surface area is 136 Å². The Balaban J connectivity index is 2.31. The highest BCUT2D eigenvalue weighted by Crippen LogP contribution is 2.30. The number of hydrogen-bond donors (Lipinski definition) is 1. The van der Waals surface area contributed by atoms with Crippen LogP contribution in [0.25, 0.3) is 0 Å². The van der Waals surface area contributed by atoms with E-state index in [0.717, 1.165) is 5.56 Å². The van der Waals surface area contributed by atoms with E-state index in [4.69, 9.17) is 9.47 Å². The van der Waals surface area contributed by atoms with E-state index in [9.17, 15) is 9.90 Å². The number of methoxy groups -OCH3 is 1. The number of hydrogen-bond acceptors (Lipinski definition) is 4. The Morgan fingerprint density at radius 3 is 2.52 bits per heavy atom. The highest BCUT2D eigenvalue weighted by atomic mass is 16.5. The Morgan fingerprint density at radius 2 is 1.87 bits per heavy atom. The van der Waals surface area contributed by atoms with Crippen molar-refractivity contribution >= 4 is 5.97 Å². The summed E-state index contributed by atoms with van der Waals surface area (Å²) in [6.45, 7) is 2.05. The van der Waals surface area contributed by atoms with E-state index >= 15 is 0 Å². The van der Waals surface area contributed by atoms with Gasteiger partial charge in [0.2, 0.25) is 0 Å². The molecule has 4 nitrogen and oxygen atoms in total. The molecular formula is C19H22O4. The number of esters is 1. The van der Waals surface area contributed by atoms with Gasteiger partial charge in [0, 0.05) is 6.42 Å². The highest BCUT2D eigenvalue weighted by Gasteiger charge is 2.33. The van der Waals surface area contributed by atoms with Gasteiger partial charge < -0.3 is 14.6 Å². The van der Waals surface area contributed by atoms with Gasteiger partial charge >= 0.3 is 5.97 Å². The third-order valence-electron chi connectivity index (χ3n) is 3.68. The van der Waals surface area contributed by atoms with Crippen LogP contribution in [0.2, 0.25) is 0 Å². The minimum absolute atomic E-state index is 0.0952. The van der Waals surface area contributed by atoms with Crippen LogP contribution in [-0.2, 0) is 21.6 Å². The van der Waals surface area contributed by atoms with Gasteiger partial charge in [0.15, 0.2) is 0 Å². The molecule has 122 valence electrons. The summed E-state index contributed by atoms with van der Waals surface area (Å²) in [5, 5.41) is 11.2. The topological polar surface area (TPSA) is 55.8 Å². The Bertz CT molecular complexity index is 639. The van der Waals surface area contributed by atoms with E-state index in [1.807, 2.05) is 54.6 Å². The lowest BCUT2D eigenvalue weighted by Crippen LogP contribution is -2.32. The predicted octanol–water partition coefficient (Wildman–Crippen LogP) is 3.08. The van der Waals surface area contributed by atoms with Crippen LogP contribution in [0.1, 0.15) is 24.5 Å². The molecule has 0 bridgehead atoms. The molecule has 0 saturated carbocycles. The fourth-order valence-corrected chi connectivity index (χ4v) is 2.59. The average molecular weight is 314 g/mol. The molecule has 0 aliphatic heterocycles. The van der Waals surface area contributed by atoms with Crippen LogP contribution in [0, 0.1) is 0 Å². The molecule has 0 saturated heterocycles. The van der Waals surface area contributed by atoms with Gasteiger partial charge in [-0.05, 0) is 30.2 Å². The molecular weight excluding hydrogens is 292 g/mol. The number of carbonyl (C=O) groups excluding carboxylic acids is 1. The number of rotatable bonds is 7. The second-order valence-electron chi connectivity index (χ2n) is 5.41. The third kappa shape index (κ3) is 4.57. The molecule has 0 heterocycles. The summed E-state index contributed by atoms with van der Waals surface area (Å²) in [7, 11) is 1.60. The first-order valence-electron chi connectivity index (χ1n) is 7.64. The zero-order chi connectivity index (χ0) is 16.7. The fourth-order valence-electron chi connectivity index (χ4n) is 2.59. The molecule has 23 heavy (non-hydrogen) atoms. The lowest BCUT2D eigenvalue weighted by atomic mass is 9.84. The van der Waals surface area contributed by atoms with Gasteiger partial charge in [-0.3, -0.25) is 4.79 Å². The molecule has 2 rings (SSSR count). The van der Waals surface area contributed by atoms with Gasteiger partial charge in [0.25, 0.3) is 0 Å². The number of carbonyl (C=O) groups is 1. The van der Waals surface area contributed by atoms with Crippen LogP contribution in [-0.4, -0.2) is 24.8 Å². The largest absolute Gasteiger partial charge is 0.497 e. The lowest BCUT2D eigenvalue weighted by molar-refractivity contribution is -0.149. The van der Waals surface area contributed by atoms with Gasteiger partial charge in [-0.2, -0.15) is 0 Å². The molecule has 0 aliphatic carbocycles. The molecule has 0 fully saturated rings. The maximum Gasteiger partial charge on any atom is 0.309 e. The summed E-state index contributed by atoms with van der Waals surface area (Å²) >= 11 is 0. The molecule has 0 amide bonds. The molecule has 0 aromatic heterocycles. The van der Waals surface area contributed by atoms with Crippen LogP contribution in [0.5, 0.6) is 5.75 Å². The summed E-state index contributed by atoms with van der Waals surface area (Å²) in [6, 6.07) is 16.7. The summed E-state index contributed by atoms with van der Waals surface area (Å²) in [5.41, 5.74) is 0.260. The van der Waals surface area contributed by atoms with E-state index < -0.39 is 11.6 Å². The smallest absolute Gasteiger partial charge is 0.309 e. The zero-order valence-corrected chi connectivity index (χ0v) is 13.5. The van der Waals surface area contributed by atoms with Crippen LogP contribution >= 0.6 is 0 Å². The predicted molar refractivity (Wildman–Crippen MR) is 88.3 cm³/mol. The van der Waals surface area contributed by atoms with E-state index in [1.165, 1.54) is 0 Å². The van der Waals surface area contributed by atoms with Gasteiger partial charge in [0.1, 0.15) is 11.4 Å². The van der Waals surface area contributed by atoms with Crippen molar-refractivity contribution in [2.75, 3.05) is 13.7 Å². The first-order chi connectivity index (χ1) is 11.1. The first-order valence-corrected chi connectivity index (χ1v) is 7.64. The normalized spacial score (nSPS) is 13.2. The van der Waals surface area contributed by atoms with E-state index in [-0.39, 0.29) is 6.42 Å². The molecule has 0 radical (unpaired) electrons. The second kappa shape index (κ2) is 7.79. The van der Waals surface area contributed by atoms with E-state index in [2.05, 4.69) is 0 Å². The number of ether oxygens (including phenoxy) is 2. The van der Waals surface area contributed by atoms with Crippen molar-refractivity contribution in [3.63, 3.8) is 0 Å². The van der Waals surface area contributed by atoms with Crippen molar-refractivity contribution in [3.8, 4) is 5.75 Å². The van der Waals surface area contributed by atoms with Crippen LogP contribution in [0.3, 0.4) is 0 Å². The van der Waals surface area contributed by atoms with Gasteiger partial charge in [-0.1, -0.05) is 42.5 Å². The van der Waals surface area contributed by atoms with Crippen LogP contribution < -0.4 is 4.74 Å². The van der Waals surface area contributed by atoms with Crippen LogP contribution in [0.15, 0.2) is 54.6 Å². The maximum atomic E-state index is 11.9. The number of aliphatic hydroxyl groups is 1. The van der Waals surface area contributed by atoms with Crippen molar-refractivity contribution < 1.29 is 19.4 Å². The van der Waals surface area contributed by atoms with Crippen molar-refractivity contribution in [1.29, 1.82) is 0 Å². The highest BCUT2D eigenvalue weighted by molar-refractivity contribution is 5.71. The molecule has 0 aliphatic rings. The molecule has 1 N–H and O–H groups in total. The van der Waals surface area contributed by atoms with Gasteiger partial charge in [-0.15, -0.1) is 0 Å². The van der Waals surface area contributed by atoms with Gasteiger partial charge in [-0.25, -0.2) is 0 Å². The average Bonchev–Trinajstić information content (AvgIpc) is 2.56. The summed E-state index contributed by atoms with van der Waals surface area (Å²) < 4.78 is 10.2. The quantitative estimate of drug-likeness (QED) is 0.798. The first kappa shape index (κ1) is 17.0. The maximum absolute atomic E-state index is 11.9. The summed E-state index contributed by atoms with van der Waals surface area (Å²) in [5.74, 6) is 0.302. The van der Waals surface area contributed by atoms with Crippen molar-refractivity contribution in [2.45, 2.75) is 25.4 Å². The van der Waals surface area contributed by atoms with E-state index in [1.54, 1.807) is 14.0 Å². The second-order valence-corrected chi connectivity index (χ2v) is 5.41. The fraction of sp³-hybridized carbons (Fsp3) is 0.316. The third-order valence-corrected chi connectivity index (χ3v) is 3.68. The molecule has 2 aromatic carbocycles. The Kier molecular flexibility index (Phi) is 5.77.